The van der Waals surface area contributed by atoms with Crippen molar-refractivity contribution in [1.82, 2.24) is 20.2 Å². The summed E-state index contributed by atoms with van der Waals surface area (Å²) < 4.78 is 27.3. The quantitative estimate of drug-likeness (QED) is 0.603. The molecule has 1 saturated heterocycles. The molecule has 2 N–H and O–H groups in total. The van der Waals surface area contributed by atoms with E-state index in [0.717, 1.165) is 6.07 Å². The first-order chi connectivity index (χ1) is 16.4. The molecule has 3 amide bonds. The number of likely N-dealkylation sites (tertiary alicyclic amines) is 1. The predicted molar refractivity (Wildman–Crippen MR) is 119 cm³/mol. The zero-order chi connectivity index (χ0) is 24.1. The van der Waals surface area contributed by atoms with E-state index in [0.29, 0.717) is 25.9 Å². The smallest absolute Gasteiger partial charge is 0.273 e. The highest BCUT2D eigenvalue weighted by atomic mass is 19.1. The monoisotopic (exact) mass is 465 g/mol. The Morgan fingerprint density at radius 2 is 1.65 bits per heavy atom. The van der Waals surface area contributed by atoms with E-state index >= 15 is 0 Å². The molecular formula is C24H21F2N5O3. The van der Waals surface area contributed by atoms with Crippen LogP contribution in [0.4, 0.5) is 14.6 Å². The molecule has 0 unspecified atom stereocenters. The van der Waals surface area contributed by atoms with E-state index in [-0.39, 0.29) is 34.6 Å². The molecule has 3 aromatic rings. The molecule has 1 aliphatic heterocycles. The molecule has 2 aromatic carbocycles. The first-order valence-corrected chi connectivity index (χ1v) is 10.6. The Morgan fingerprint density at radius 1 is 0.912 bits per heavy atom. The minimum absolute atomic E-state index is 0.0908. The maximum atomic E-state index is 13.9. The number of hydrogen-bond acceptors (Lipinski definition) is 5. The van der Waals surface area contributed by atoms with Crippen LogP contribution >= 0.6 is 0 Å². The van der Waals surface area contributed by atoms with Gasteiger partial charge in [-0.1, -0.05) is 18.2 Å². The fraction of sp³-hybridized carbons (Fsp3) is 0.208. The number of benzene rings is 2. The molecule has 0 spiro atoms. The summed E-state index contributed by atoms with van der Waals surface area (Å²) in [7, 11) is 0. The summed E-state index contributed by atoms with van der Waals surface area (Å²) in [5.74, 6) is -2.84. The molecule has 2 heterocycles. The van der Waals surface area contributed by atoms with E-state index in [4.69, 9.17) is 0 Å². The molecule has 174 valence electrons. The van der Waals surface area contributed by atoms with Crippen LogP contribution in [0.5, 0.6) is 0 Å². The Bertz CT molecular complexity index is 1230. The van der Waals surface area contributed by atoms with Crippen LogP contribution in [-0.2, 0) is 0 Å². The van der Waals surface area contributed by atoms with Gasteiger partial charge < -0.3 is 15.5 Å². The van der Waals surface area contributed by atoms with Gasteiger partial charge in [-0.15, -0.1) is 0 Å². The van der Waals surface area contributed by atoms with Gasteiger partial charge in [-0.3, -0.25) is 14.4 Å². The molecule has 1 fully saturated rings. The number of carbonyl (C=O) groups is 3. The zero-order valence-electron chi connectivity index (χ0n) is 18.0. The van der Waals surface area contributed by atoms with E-state index in [9.17, 15) is 23.2 Å². The molecular weight excluding hydrogens is 444 g/mol. The highest BCUT2D eigenvalue weighted by Gasteiger charge is 2.26. The third-order valence-corrected chi connectivity index (χ3v) is 5.45. The largest absolute Gasteiger partial charge is 0.348 e. The van der Waals surface area contributed by atoms with Crippen LogP contribution in [0.15, 0.2) is 60.9 Å². The van der Waals surface area contributed by atoms with Crippen LogP contribution in [-0.4, -0.2) is 51.7 Å². The van der Waals surface area contributed by atoms with Gasteiger partial charge in [0.1, 0.15) is 11.6 Å². The summed E-state index contributed by atoms with van der Waals surface area (Å²) in [6.07, 6.45) is 3.60. The van der Waals surface area contributed by atoms with Crippen molar-refractivity contribution in [3.63, 3.8) is 0 Å². The molecule has 0 bridgehead atoms. The zero-order valence-corrected chi connectivity index (χ0v) is 18.0. The number of hydrogen-bond donors (Lipinski definition) is 2. The van der Waals surface area contributed by atoms with Crippen LogP contribution in [0, 0.1) is 11.6 Å². The predicted octanol–water partition coefficient (Wildman–Crippen LogP) is 3.04. The highest BCUT2D eigenvalue weighted by Crippen LogP contribution is 2.17. The average Bonchev–Trinajstić information content (AvgIpc) is 2.84. The number of aromatic nitrogens is 2. The number of rotatable bonds is 5. The Kier molecular flexibility index (Phi) is 6.86. The van der Waals surface area contributed by atoms with Crippen molar-refractivity contribution in [3.05, 3.63) is 89.4 Å². The minimum Gasteiger partial charge on any atom is -0.348 e. The van der Waals surface area contributed by atoms with Crippen molar-refractivity contribution < 1.29 is 23.2 Å². The van der Waals surface area contributed by atoms with Gasteiger partial charge in [0.05, 0.1) is 5.56 Å². The lowest BCUT2D eigenvalue weighted by molar-refractivity contribution is 0.0697. The second-order valence-corrected chi connectivity index (χ2v) is 7.74. The van der Waals surface area contributed by atoms with Crippen molar-refractivity contribution >= 4 is 23.5 Å². The normalized spacial score (nSPS) is 13.9. The van der Waals surface area contributed by atoms with E-state index < -0.39 is 23.4 Å². The number of amides is 3. The third kappa shape index (κ3) is 5.22. The first-order valence-electron chi connectivity index (χ1n) is 10.6. The lowest BCUT2D eigenvalue weighted by atomic mass is 10.0. The highest BCUT2D eigenvalue weighted by molar-refractivity contribution is 6.07. The van der Waals surface area contributed by atoms with Gasteiger partial charge in [-0.2, -0.15) is 0 Å². The van der Waals surface area contributed by atoms with E-state index in [1.54, 1.807) is 11.0 Å². The lowest BCUT2D eigenvalue weighted by Crippen LogP contribution is -2.46. The van der Waals surface area contributed by atoms with Crippen molar-refractivity contribution in [2.45, 2.75) is 18.9 Å². The number of nitrogens with one attached hydrogen (secondary N) is 2. The van der Waals surface area contributed by atoms with Crippen molar-refractivity contribution in [1.29, 1.82) is 0 Å². The fourth-order valence-corrected chi connectivity index (χ4v) is 3.70. The number of carbonyl (C=O) groups excluding carboxylic acids is 3. The second-order valence-electron chi connectivity index (χ2n) is 7.74. The summed E-state index contributed by atoms with van der Waals surface area (Å²) in [4.78, 5) is 47.5. The van der Waals surface area contributed by atoms with Gasteiger partial charge >= 0.3 is 0 Å². The number of piperidine rings is 1. The lowest BCUT2D eigenvalue weighted by Gasteiger charge is -2.32. The standard InChI is InChI=1S/C24H21F2N5O3/c25-16-5-3-4-15(14-16)24(34)31-12-8-17(9-13-31)29-23(33)20-21(28-11-10-27-20)30-22(32)18-6-1-2-7-19(18)26/h1-7,10-11,14,17H,8-9,12-13H2,(H,29,33)(H,28,30,32). The molecule has 1 aromatic heterocycles. The number of nitrogens with zero attached hydrogens (tertiary/aromatic N) is 3. The molecule has 8 nitrogen and oxygen atoms in total. The fourth-order valence-electron chi connectivity index (χ4n) is 3.70. The Morgan fingerprint density at radius 3 is 2.38 bits per heavy atom. The van der Waals surface area contributed by atoms with Crippen LogP contribution in [0.2, 0.25) is 0 Å². The van der Waals surface area contributed by atoms with Crippen molar-refractivity contribution in [2.24, 2.45) is 0 Å². The Labute approximate surface area is 194 Å². The molecule has 4 rings (SSSR count). The summed E-state index contributed by atoms with van der Waals surface area (Å²) in [5.41, 5.74) is -0.0161. The Balaban J connectivity index is 1.37. The van der Waals surface area contributed by atoms with Crippen molar-refractivity contribution in [2.75, 3.05) is 18.4 Å². The molecule has 0 atom stereocenters. The average molecular weight is 465 g/mol. The maximum Gasteiger partial charge on any atom is 0.273 e. The van der Waals surface area contributed by atoms with Gasteiger partial charge in [0.2, 0.25) is 0 Å². The molecule has 0 aliphatic carbocycles. The molecule has 0 radical (unpaired) electrons. The summed E-state index contributed by atoms with van der Waals surface area (Å²) >= 11 is 0. The van der Waals surface area contributed by atoms with E-state index in [2.05, 4.69) is 20.6 Å². The Hall–Kier alpha value is -4.21. The van der Waals surface area contributed by atoms with Gasteiger partial charge in [0.15, 0.2) is 11.5 Å². The SMILES string of the molecule is O=C(Nc1nccnc1C(=O)NC1CCN(C(=O)c2cccc(F)c2)CC1)c1ccccc1F. The van der Waals surface area contributed by atoms with Crippen molar-refractivity contribution in [3.8, 4) is 0 Å². The minimum atomic E-state index is -0.753. The topological polar surface area (TPSA) is 104 Å². The van der Waals surface area contributed by atoms with Gasteiger partial charge in [-0.05, 0) is 43.2 Å². The van der Waals surface area contributed by atoms with Gasteiger partial charge in [0.25, 0.3) is 17.7 Å². The van der Waals surface area contributed by atoms with Crippen LogP contribution in [0.3, 0.4) is 0 Å². The summed E-state index contributed by atoms with van der Waals surface area (Å²) in [6, 6.07) is 10.7. The number of halogens is 2. The van der Waals surface area contributed by atoms with E-state index in [1.165, 1.54) is 48.8 Å². The molecule has 10 heteroatoms. The third-order valence-electron chi connectivity index (χ3n) is 5.45. The van der Waals surface area contributed by atoms with Crippen LogP contribution in [0.1, 0.15) is 44.0 Å². The molecule has 1 aliphatic rings. The summed E-state index contributed by atoms with van der Waals surface area (Å²) in [5, 5.41) is 5.28. The molecule has 34 heavy (non-hydrogen) atoms. The number of anilines is 1. The van der Waals surface area contributed by atoms with Crippen LogP contribution < -0.4 is 10.6 Å². The van der Waals surface area contributed by atoms with Crippen LogP contribution in [0.25, 0.3) is 0 Å². The molecule has 0 saturated carbocycles. The summed E-state index contributed by atoms with van der Waals surface area (Å²) in [6.45, 7) is 0.773. The van der Waals surface area contributed by atoms with Gasteiger partial charge in [0, 0.05) is 37.1 Å². The van der Waals surface area contributed by atoms with E-state index in [1.807, 2.05) is 0 Å². The second kappa shape index (κ2) is 10.2. The first kappa shape index (κ1) is 23.0. The van der Waals surface area contributed by atoms with Gasteiger partial charge in [-0.25, -0.2) is 18.7 Å². The maximum absolute atomic E-state index is 13.9.